The van der Waals surface area contributed by atoms with Crippen molar-refractivity contribution in [2.24, 2.45) is 5.92 Å². The summed E-state index contributed by atoms with van der Waals surface area (Å²) in [5.74, 6) is 0.618. The first-order valence-electron chi connectivity index (χ1n) is 8.72. The van der Waals surface area contributed by atoms with Crippen molar-refractivity contribution in [2.75, 3.05) is 39.8 Å². The molecule has 130 valence electrons. The molecule has 0 radical (unpaired) electrons. The van der Waals surface area contributed by atoms with Crippen LogP contribution in [0.2, 0.25) is 0 Å². The van der Waals surface area contributed by atoms with Gasteiger partial charge in [-0.3, -0.25) is 9.69 Å². The number of aryl methyl sites for hydroxylation is 2. The van der Waals surface area contributed by atoms with Gasteiger partial charge in [0, 0.05) is 43.6 Å². The Labute approximate surface area is 144 Å². The van der Waals surface area contributed by atoms with Crippen LogP contribution in [0.4, 0.5) is 0 Å². The normalized spacial score (nSPS) is 18.3. The number of carbonyl (C=O) groups is 1. The van der Waals surface area contributed by atoms with E-state index in [0.717, 1.165) is 44.0 Å². The zero-order valence-corrected chi connectivity index (χ0v) is 16.0. The van der Waals surface area contributed by atoms with E-state index in [1.54, 1.807) is 11.3 Å². The second-order valence-corrected chi connectivity index (χ2v) is 8.16. The topological polar surface area (TPSA) is 35.6 Å². The Morgan fingerprint density at radius 1 is 1.30 bits per heavy atom. The summed E-state index contributed by atoms with van der Waals surface area (Å²) < 4.78 is 0. The van der Waals surface area contributed by atoms with Crippen molar-refractivity contribution in [3.8, 4) is 0 Å². The van der Waals surface area contributed by atoms with Gasteiger partial charge in [-0.25, -0.2) is 0 Å². The number of thiophene rings is 1. The molecule has 4 nitrogen and oxygen atoms in total. The van der Waals surface area contributed by atoms with E-state index in [1.807, 2.05) is 0 Å². The molecule has 0 aromatic carbocycles. The zero-order valence-electron chi connectivity index (χ0n) is 15.2. The number of rotatable bonds is 6. The minimum atomic E-state index is 0.0811. The van der Waals surface area contributed by atoms with Crippen LogP contribution < -0.4 is 5.32 Å². The molecule has 1 amide bonds. The second kappa shape index (κ2) is 8.27. The van der Waals surface area contributed by atoms with Crippen LogP contribution in [0.3, 0.4) is 0 Å². The highest BCUT2D eigenvalue weighted by atomic mass is 32.1. The van der Waals surface area contributed by atoms with E-state index in [9.17, 15) is 4.79 Å². The first kappa shape index (κ1) is 18.4. The first-order valence-corrected chi connectivity index (χ1v) is 9.54. The van der Waals surface area contributed by atoms with E-state index in [1.165, 1.54) is 10.4 Å². The van der Waals surface area contributed by atoms with Crippen LogP contribution in [0.1, 0.15) is 40.9 Å². The number of nitrogens with one attached hydrogen (secondary N) is 1. The van der Waals surface area contributed by atoms with Gasteiger partial charge in [0.05, 0.1) is 4.88 Å². The summed E-state index contributed by atoms with van der Waals surface area (Å²) in [5, 5.41) is 3.17. The van der Waals surface area contributed by atoms with Gasteiger partial charge in [0.2, 0.25) is 0 Å². The van der Waals surface area contributed by atoms with Crippen molar-refractivity contribution in [1.82, 2.24) is 15.1 Å². The monoisotopic (exact) mass is 337 g/mol. The van der Waals surface area contributed by atoms with Crippen LogP contribution >= 0.6 is 11.3 Å². The molecular weight excluding hydrogens is 306 g/mol. The SMILES string of the molecule is CCc1cc(C(=O)NCC(C(C)C)N2CCN(C)CC2)sc1C. The molecule has 1 N–H and O–H groups in total. The Balaban J connectivity index is 1.94. The average Bonchev–Trinajstić information content (AvgIpc) is 2.90. The van der Waals surface area contributed by atoms with Crippen molar-refractivity contribution in [2.45, 2.75) is 40.2 Å². The summed E-state index contributed by atoms with van der Waals surface area (Å²) >= 11 is 1.61. The van der Waals surface area contributed by atoms with Crippen molar-refractivity contribution in [3.63, 3.8) is 0 Å². The molecule has 1 aromatic heterocycles. The van der Waals surface area contributed by atoms with E-state index in [-0.39, 0.29) is 5.91 Å². The molecule has 5 heteroatoms. The Hall–Kier alpha value is -0.910. The first-order chi connectivity index (χ1) is 10.9. The van der Waals surface area contributed by atoms with E-state index in [2.05, 4.69) is 55.9 Å². The van der Waals surface area contributed by atoms with Gasteiger partial charge in [0.25, 0.3) is 5.91 Å². The lowest BCUT2D eigenvalue weighted by atomic mass is 10.0. The fraction of sp³-hybridized carbons (Fsp3) is 0.722. The molecule has 2 rings (SSSR count). The Morgan fingerprint density at radius 3 is 2.48 bits per heavy atom. The van der Waals surface area contributed by atoms with Gasteiger partial charge in [0.15, 0.2) is 0 Å². The third-order valence-corrected chi connectivity index (χ3v) is 5.97. The molecule has 0 saturated carbocycles. The maximum atomic E-state index is 12.5. The Bertz CT molecular complexity index is 518. The number of carbonyl (C=O) groups excluding carboxylic acids is 1. The molecule has 1 aromatic rings. The number of hydrogen-bond donors (Lipinski definition) is 1. The molecule has 1 saturated heterocycles. The third kappa shape index (κ3) is 4.78. The minimum Gasteiger partial charge on any atom is -0.350 e. The van der Waals surface area contributed by atoms with E-state index < -0.39 is 0 Å². The molecule has 0 aliphatic carbocycles. The van der Waals surface area contributed by atoms with Gasteiger partial charge < -0.3 is 10.2 Å². The molecular formula is C18H31N3OS. The maximum Gasteiger partial charge on any atom is 0.261 e. The van der Waals surface area contributed by atoms with Gasteiger partial charge >= 0.3 is 0 Å². The van der Waals surface area contributed by atoms with Crippen LogP contribution in [-0.2, 0) is 6.42 Å². The summed E-state index contributed by atoms with van der Waals surface area (Å²) in [6.07, 6.45) is 0.992. The molecule has 1 atom stereocenters. The number of likely N-dealkylation sites (N-methyl/N-ethyl adjacent to an activating group) is 1. The molecule has 0 spiro atoms. The van der Waals surface area contributed by atoms with Gasteiger partial charge in [-0.2, -0.15) is 0 Å². The molecule has 1 aliphatic rings. The van der Waals surface area contributed by atoms with Gasteiger partial charge in [-0.15, -0.1) is 11.3 Å². The summed E-state index contributed by atoms with van der Waals surface area (Å²) in [4.78, 5) is 19.5. The van der Waals surface area contributed by atoms with Gasteiger partial charge in [-0.1, -0.05) is 20.8 Å². The summed E-state index contributed by atoms with van der Waals surface area (Å²) in [6, 6.07) is 2.47. The predicted molar refractivity (Wildman–Crippen MR) is 98.5 cm³/mol. The van der Waals surface area contributed by atoms with Crippen molar-refractivity contribution in [3.05, 3.63) is 21.4 Å². The lowest BCUT2D eigenvalue weighted by Crippen LogP contribution is -2.54. The maximum absolute atomic E-state index is 12.5. The average molecular weight is 338 g/mol. The third-order valence-electron chi connectivity index (χ3n) is 4.87. The molecule has 1 aliphatic heterocycles. The van der Waals surface area contributed by atoms with Crippen molar-refractivity contribution < 1.29 is 4.79 Å². The minimum absolute atomic E-state index is 0.0811. The van der Waals surface area contributed by atoms with Crippen molar-refractivity contribution >= 4 is 17.2 Å². The smallest absolute Gasteiger partial charge is 0.261 e. The highest BCUT2D eigenvalue weighted by molar-refractivity contribution is 7.14. The van der Waals surface area contributed by atoms with Crippen LogP contribution in [0.25, 0.3) is 0 Å². The molecule has 23 heavy (non-hydrogen) atoms. The fourth-order valence-corrected chi connectivity index (χ4v) is 4.24. The van der Waals surface area contributed by atoms with E-state index in [4.69, 9.17) is 0 Å². The van der Waals surface area contributed by atoms with Crippen LogP contribution in [-0.4, -0.2) is 61.5 Å². The number of hydrogen-bond acceptors (Lipinski definition) is 4. The van der Waals surface area contributed by atoms with Crippen LogP contribution in [0.15, 0.2) is 6.07 Å². The standard InChI is InChI=1S/C18H31N3OS/c1-6-15-11-17(23-14(15)4)18(22)19-12-16(13(2)3)21-9-7-20(5)8-10-21/h11,13,16H,6-10,12H2,1-5H3,(H,19,22). The molecule has 1 fully saturated rings. The summed E-state index contributed by atoms with van der Waals surface area (Å²) in [7, 11) is 2.17. The number of amides is 1. The van der Waals surface area contributed by atoms with Crippen LogP contribution in [0.5, 0.6) is 0 Å². The highest BCUT2D eigenvalue weighted by Gasteiger charge is 2.25. The van der Waals surface area contributed by atoms with Crippen LogP contribution in [0, 0.1) is 12.8 Å². The lowest BCUT2D eigenvalue weighted by Gasteiger charge is -2.39. The predicted octanol–water partition coefficient (Wildman–Crippen LogP) is 2.62. The lowest BCUT2D eigenvalue weighted by molar-refractivity contribution is 0.0793. The fourth-order valence-electron chi connectivity index (χ4n) is 3.21. The second-order valence-electron chi connectivity index (χ2n) is 6.91. The largest absolute Gasteiger partial charge is 0.350 e. The zero-order chi connectivity index (χ0) is 17.0. The quantitative estimate of drug-likeness (QED) is 0.867. The molecule has 2 heterocycles. The number of nitrogens with zero attached hydrogens (tertiary/aromatic N) is 2. The Morgan fingerprint density at radius 2 is 1.96 bits per heavy atom. The summed E-state index contributed by atoms with van der Waals surface area (Å²) in [5.41, 5.74) is 1.29. The molecule has 0 bridgehead atoms. The van der Waals surface area contributed by atoms with Gasteiger partial charge in [0.1, 0.15) is 0 Å². The van der Waals surface area contributed by atoms with E-state index >= 15 is 0 Å². The van der Waals surface area contributed by atoms with Crippen molar-refractivity contribution in [1.29, 1.82) is 0 Å². The molecule has 1 unspecified atom stereocenters. The highest BCUT2D eigenvalue weighted by Crippen LogP contribution is 2.22. The van der Waals surface area contributed by atoms with E-state index in [0.29, 0.717) is 12.0 Å². The van der Waals surface area contributed by atoms with Gasteiger partial charge in [-0.05, 0) is 37.9 Å². The summed E-state index contributed by atoms with van der Waals surface area (Å²) in [6.45, 7) is 13.9. The Kier molecular flexibility index (Phi) is 6.62. The number of piperazine rings is 1.